The first-order valence-corrected chi connectivity index (χ1v) is 13.0. The number of morpholine rings is 1. The van der Waals surface area contributed by atoms with Crippen molar-refractivity contribution >= 4 is 11.6 Å². The van der Waals surface area contributed by atoms with Gasteiger partial charge in [0.2, 0.25) is 5.95 Å². The predicted octanol–water partition coefficient (Wildman–Crippen LogP) is 4.76. The summed E-state index contributed by atoms with van der Waals surface area (Å²) in [6.07, 6.45) is 9.94. The molecule has 38 heavy (non-hydrogen) atoms. The Labute approximate surface area is 223 Å². The molecule has 8 heteroatoms. The molecule has 0 spiro atoms. The van der Waals surface area contributed by atoms with Gasteiger partial charge in [0.05, 0.1) is 51.0 Å². The van der Waals surface area contributed by atoms with Gasteiger partial charge in [-0.2, -0.15) is 0 Å². The smallest absolute Gasteiger partial charge is 0.227 e. The first-order chi connectivity index (χ1) is 18.8. The highest BCUT2D eigenvalue weighted by molar-refractivity contribution is 5.66. The second-order valence-electron chi connectivity index (χ2n) is 9.12. The molecular weight excluding hydrogens is 480 g/mol. The standard InChI is InChI=1S/C30H34N4O4/c1(12-34-13-18-35-19-14-34)2-17-38-29-9-8-25-21-28(29)33-30-31-11-10-27(32-30)26-7-5-6-24(20-26)22-36-15-3-4-16-37-23-25/h1-11,20-21H,12-19,22-23H2,(H,31,32,33)/b2-1+,4-3+. The lowest BCUT2D eigenvalue weighted by atomic mass is 10.1. The molecule has 1 saturated heterocycles. The minimum atomic E-state index is 0.468. The van der Waals surface area contributed by atoms with Gasteiger partial charge < -0.3 is 24.3 Å². The van der Waals surface area contributed by atoms with E-state index in [9.17, 15) is 0 Å². The van der Waals surface area contributed by atoms with Gasteiger partial charge in [0, 0.05) is 31.4 Å². The van der Waals surface area contributed by atoms with E-state index in [0.717, 1.165) is 66.7 Å². The van der Waals surface area contributed by atoms with Gasteiger partial charge in [-0.1, -0.05) is 48.6 Å². The van der Waals surface area contributed by atoms with Crippen LogP contribution in [0.15, 0.2) is 79.0 Å². The molecule has 3 aromatic rings. The number of hydrogen-bond donors (Lipinski definition) is 1. The topological polar surface area (TPSA) is 78.0 Å². The molecule has 0 saturated carbocycles. The molecule has 3 heterocycles. The average Bonchev–Trinajstić information content (AvgIpc) is 2.96. The number of fused-ring (bicyclic) bond motifs is 7. The number of anilines is 2. The number of nitrogens with one attached hydrogen (secondary N) is 1. The normalized spacial score (nSPS) is 17.8. The fourth-order valence-electron chi connectivity index (χ4n) is 4.25. The molecule has 1 fully saturated rings. The first kappa shape index (κ1) is 26.1. The van der Waals surface area contributed by atoms with Crippen molar-refractivity contribution in [2.75, 3.05) is 58.0 Å². The third-order valence-electron chi connectivity index (χ3n) is 6.27. The van der Waals surface area contributed by atoms with Crippen molar-refractivity contribution in [1.82, 2.24) is 14.9 Å². The maximum Gasteiger partial charge on any atom is 0.227 e. The molecule has 6 bridgehead atoms. The lowest BCUT2D eigenvalue weighted by Crippen LogP contribution is -2.36. The molecule has 0 amide bonds. The lowest BCUT2D eigenvalue weighted by molar-refractivity contribution is 0.0434. The minimum Gasteiger partial charge on any atom is -0.487 e. The van der Waals surface area contributed by atoms with Crippen molar-refractivity contribution in [3.05, 3.63) is 90.2 Å². The summed E-state index contributed by atoms with van der Waals surface area (Å²) in [4.78, 5) is 11.6. The number of benzene rings is 2. The van der Waals surface area contributed by atoms with E-state index in [0.29, 0.717) is 39.0 Å². The summed E-state index contributed by atoms with van der Waals surface area (Å²) in [6, 6.07) is 16.1. The quantitative estimate of drug-likeness (QED) is 0.489. The van der Waals surface area contributed by atoms with Gasteiger partial charge in [0.15, 0.2) is 0 Å². The maximum absolute atomic E-state index is 6.14. The Bertz CT molecular complexity index is 1240. The Kier molecular flexibility index (Phi) is 9.49. The molecule has 8 nitrogen and oxygen atoms in total. The highest BCUT2D eigenvalue weighted by atomic mass is 16.5. The van der Waals surface area contributed by atoms with Crippen molar-refractivity contribution in [1.29, 1.82) is 0 Å². The van der Waals surface area contributed by atoms with Crippen molar-refractivity contribution in [3.63, 3.8) is 0 Å². The molecule has 0 unspecified atom stereocenters. The summed E-state index contributed by atoms with van der Waals surface area (Å²) in [5.74, 6) is 1.23. The largest absolute Gasteiger partial charge is 0.487 e. The van der Waals surface area contributed by atoms with E-state index < -0.39 is 0 Å². The van der Waals surface area contributed by atoms with E-state index in [1.807, 2.05) is 48.6 Å². The number of hydrogen-bond acceptors (Lipinski definition) is 8. The lowest BCUT2D eigenvalue weighted by Gasteiger charge is -2.25. The zero-order chi connectivity index (χ0) is 25.8. The van der Waals surface area contributed by atoms with E-state index in [4.69, 9.17) is 23.9 Å². The molecule has 2 aliphatic heterocycles. The van der Waals surface area contributed by atoms with Crippen LogP contribution in [0.4, 0.5) is 11.6 Å². The van der Waals surface area contributed by atoms with Gasteiger partial charge in [-0.3, -0.25) is 4.90 Å². The highest BCUT2D eigenvalue weighted by Crippen LogP contribution is 2.29. The van der Waals surface area contributed by atoms with Crippen molar-refractivity contribution in [2.24, 2.45) is 0 Å². The molecule has 1 aromatic heterocycles. The third kappa shape index (κ3) is 7.72. The van der Waals surface area contributed by atoms with Crippen LogP contribution >= 0.6 is 0 Å². The first-order valence-electron chi connectivity index (χ1n) is 13.0. The highest BCUT2D eigenvalue weighted by Gasteiger charge is 2.11. The van der Waals surface area contributed by atoms with Crippen LogP contribution < -0.4 is 10.1 Å². The SMILES string of the molecule is C1=C/COCc2ccc(OC/C=C/CN3CCOCC3)c(c2)Nc2nccc(n2)-c2cccc(c2)COC/1. The van der Waals surface area contributed by atoms with Crippen molar-refractivity contribution in [3.8, 4) is 17.0 Å². The van der Waals surface area contributed by atoms with Crippen LogP contribution in [0.1, 0.15) is 11.1 Å². The fraction of sp³-hybridized carbons (Fsp3) is 0.333. The van der Waals surface area contributed by atoms with Gasteiger partial charge in [0.1, 0.15) is 12.4 Å². The number of ether oxygens (including phenoxy) is 4. The Morgan fingerprint density at radius 1 is 0.895 bits per heavy atom. The molecule has 5 rings (SSSR count). The van der Waals surface area contributed by atoms with Crippen LogP contribution in [0, 0.1) is 0 Å². The van der Waals surface area contributed by atoms with E-state index in [-0.39, 0.29) is 0 Å². The number of nitrogens with zero attached hydrogens (tertiary/aromatic N) is 3. The van der Waals surface area contributed by atoms with Crippen LogP contribution in [-0.4, -0.2) is 67.5 Å². The van der Waals surface area contributed by atoms with E-state index in [1.165, 1.54) is 0 Å². The Morgan fingerprint density at radius 2 is 1.71 bits per heavy atom. The van der Waals surface area contributed by atoms with Crippen LogP contribution in [0.3, 0.4) is 0 Å². The predicted molar refractivity (Wildman–Crippen MR) is 148 cm³/mol. The summed E-state index contributed by atoms with van der Waals surface area (Å²) in [5, 5.41) is 3.37. The van der Waals surface area contributed by atoms with Crippen LogP contribution in [0.25, 0.3) is 11.3 Å². The van der Waals surface area contributed by atoms with Gasteiger partial charge in [0.25, 0.3) is 0 Å². The minimum absolute atomic E-state index is 0.468. The van der Waals surface area contributed by atoms with E-state index in [1.54, 1.807) is 6.20 Å². The number of aromatic nitrogens is 2. The molecule has 1 N–H and O–H groups in total. The van der Waals surface area contributed by atoms with Crippen molar-refractivity contribution < 1.29 is 18.9 Å². The monoisotopic (exact) mass is 514 g/mol. The summed E-state index contributed by atoms with van der Waals surface area (Å²) < 4.78 is 23.2. The summed E-state index contributed by atoms with van der Waals surface area (Å²) >= 11 is 0. The molecule has 2 aliphatic rings. The van der Waals surface area contributed by atoms with Gasteiger partial charge >= 0.3 is 0 Å². The number of rotatable bonds is 5. The second kappa shape index (κ2) is 13.8. The summed E-state index contributed by atoms with van der Waals surface area (Å²) in [7, 11) is 0. The molecule has 2 aromatic carbocycles. The molecular formula is C30H34N4O4. The van der Waals surface area contributed by atoms with Crippen LogP contribution in [0.2, 0.25) is 0 Å². The van der Waals surface area contributed by atoms with E-state index in [2.05, 4.69) is 39.5 Å². The van der Waals surface area contributed by atoms with Crippen LogP contribution in [-0.2, 0) is 27.4 Å². The second-order valence-corrected chi connectivity index (χ2v) is 9.12. The zero-order valence-corrected chi connectivity index (χ0v) is 21.6. The Hall–Kier alpha value is -3.56. The van der Waals surface area contributed by atoms with Crippen molar-refractivity contribution in [2.45, 2.75) is 13.2 Å². The summed E-state index contributed by atoms with van der Waals surface area (Å²) in [6.45, 7) is 6.96. The average molecular weight is 515 g/mol. The van der Waals surface area contributed by atoms with Crippen LogP contribution in [0.5, 0.6) is 5.75 Å². The molecule has 198 valence electrons. The van der Waals surface area contributed by atoms with Gasteiger partial charge in [-0.25, -0.2) is 9.97 Å². The summed E-state index contributed by atoms with van der Waals surface area (Å²) in [5.41, 5.74) is 4.75. The maximum atomic E-state index is 6.14. The molecule has 0 atom stereocenters. The Morgan fingerprint density at radius 3 is 2.55 bits per heavy atom. The van der Waals surface area contributed by atoms with Gasteiger partial charge in [-0.15, -0.1) is 0 Å². The fourth-order valence-corrected chi connectivity index (χ4v) is 4.25. The van der Waals surface area contributed by atoms with E-state index >= 15 is 0 Å². The molecule has 0 aliphatic carbocycles. The Balaban J connectivity index is 1.34. The van der Waals surface area contributed by atoms with Gasteiger partial charge in [-0.05, 0) is 35.4 Å². The third-order valence-corrected chi connectivity index (χ3v) is 6.27. The molecule has 0 radical (unpaired) electrons. The zero-order valence-electron chi connectivity index (χ0n) is 21.6.